The summed E-state index contributed by atoms with van der Waals surface area (Å²) in [6, 6.07) is 8.10. The van der Waals surface area contributed by atoms with Crippen molar-refractivity contribution in [1.82, 2.24) is 24.3 Å². The second-order valence-corrected chi connectivity index (χ2v) is 7.69. The number of hydrogen-bond donors (Lipinski definition) is 1. The maximum Gasteiger partial charge on any atom is 0.326 e. The molecule has 0 saturated carbocycles. The Morgan fingerprint density at radius 3 is 2.17 bits per heavy atom. The van der Waals surface area contributed by atoms with Crippen molar-refractivity contribution >= 4 is 46.7 Å². The number of hydrogen-bond acceptors (Lipinski definition) is 3. The van der Waals surface area contributed by atoms with Crippen molar-refractivity contribution in [3.63, 3.8) is 0 Å². The number of carbonyl (C=O) groups excluding carboxylic acids is 1. The number of fused-ring (bicyclic) bond motifs is 1. The summed E-state index contributed by atoms with van der Waals surface area (Å²) in [7, 11) is 16.1. The fraction of sp³-hybridized carbons (Fsp3) is 0.556. The summed E-state index contributed by atoms with van der Waals surface area (Å²) in [5.74, 6) is 0. The van der Waals surface area contributed by atoms with Crippen LogP contribution in [0.2, 0.25) is 0 Å². The van der Waals surface area contributed by atoms with Gasteiger partial charge in [0.2, 0.25) is 0 Å². The molecule has 2 amide bonds. The number of piperidine rings is 1. The van der Waals surface area contributed by atoms with Gasteiger partial charge in [0, 0.05) is 74.9 Å². The summed E-state index contributed by atoms with van der Waals surface area (Å²) in [5, 5.41) is 0. The van der Waals surface area contributed by atoms with Crippen LogP contribution < -0.4 is 5.69 Å². The average molecular weight is 387 g/mol. The third-order valence-electron chi connectivity index (χ3n) is 5.50. The van der Waals surface area contributed by atoms with Crippen molar-refractivity contribution in [3.05, 3.63) is 34.7 Å². The van der Waals surface area contributed by atoms with Crippen LogP contribution in [0.3, 0.4) is 0 Å². The highest BCUT2D eigenvalue weighted by Gasteiger charge is 2.29. The molecule has 0 atom stereocenters. The third kappa shape index (κ3) is 5.32. The number of benzene rings is 1. The zero-order chi connectivity index (χ0) is 21.0. The summed E-state index contributed by atoms with van der Waals surface area (Å²) < 4.78 is 1.87. The van der Waals surface area contributed by atoms with Crippen molar-refractivity contribution in [3.8, 4) is 0 Å². The van der Waals surface area contributed by atoms with Gasteiger partial charge in [0.1, 0.15) is 0 Å². The van der Waals surface area contributed by atoms with Crippen molar-refractivity contribution in [1.29, 1.82) is 0 Å². The highest BCUT2D eigenvalue weighted by atomic mass is 16.2. The highest BCUT2D eigenvalue weighted by Crippen LogP contribution is 2.25. The van der Waals surface area contributed by atoms with E-state index in [4.69, 9.17) is 0 Å². The average Bonchev–Trinajstić information content (AvgIpc) is 3.03. The first-order valence-electron chi connectivity index (χ1n) is 10.0. The minimum atomic E-state index is -0.667. The number of nitrogens with zero attached hydrogens (tertiary/aromatic N) is 4. The first kappa shape index (κ1) is 21.7. The Hall–Kier alpha value is -2.02. The van der Waals surface area contributed by atoms with E-state index in [9.17, 15) is 9.59 Å². The van der Waals surface area contributed by atoms with Crippen molar-refractivity contribution in [2.24, 2.45) is 0 Å². The molecule has 3 heterocycles. The summed E-state index contributed by atoms with van der Waals surface area (Å²) in [5.41, 5.74) is 1.78. The first-order valence-corrected chi connectivity index (χ1v) is 10.0. The van der Waals surface area contributed by atoms with Gasteiger partial charge in [-0.05, 0) is 32.0 Å². The number of likely N-dealkylation sites (N-methyl/N-ethyl adjacent to an activating group) is 1. The normalized spacial score (nSPS) is 18.4. The lowest BCUT2D eigenvalue weighted by Crippen LogP contribution is -2.53. The molecule has 2 aromatic rings. The molecule has 2 aliphatic heterocycles. The topological polar surface area (TPSA) is 64.6 Å². The van der Waals surface area contributed by atoms with Gasteiger partial charge in [-0.25, -0.2) is 9.59 Å². The summed E-state index contributed by atoms with van der Waals surface area (Å²) in [6.45, 7) is 4.90. The van der Waals surface area contributed by atoms with Crippen molar-refractivity contribution < 1.29 is 4.79 Å². The molecule has 11 heteroatoms. The smallest absolute Gasteiger partial charge is 0.324 e. The molecule has 6 radical (unpaired) electrons. The van der Waals surface area contributed by atoms with Crippen LogP contribution >= 0.6 is 0 Å². The Kier molecular flexibility index (Phi) is 7.22. The quantitative estimate of drug-likeness (QED) is 0.691. The number of piperazine rings is 1. The Labute approximate surface area is 176 Å². The van der Waals surface area contributed by atoms with Gasteiger partial charge in [-0.2, -0.15) is 0 Å². The van der Waals surface area contributed by atoms with E-state index in [2.05, 4.69) is 40.1 Å². The van der Waals surface area contributed by atoms with Crippen molar-refractivity contribution in [2.45, 2.75) is 18.9 Å². The number of nitrogens with one attached hydrogen (secondary N) is 1. The number of para-hydroxylation sites is 2. The van der Waals surface area contributed by atoms with E-state index in [-0.39, 0.29) is 17.8 Å². The molecule has 1 aromatic heterocycles. The maximum absolute atomic E-state index is 12.7. The van der Waals surface area contributed by atoms with E-state index in [1.54, 1.807) is 0 Å². The Balaban J connectivity index is 0.000000552. The van der Waals surface area contributed by atoms with Gasteiger partial charge < -0.3 is 19.7 Å². The van der Waals surface area contributed by atoms with Gasteiger partial charge in [-0.15, -0.1) is 0 Å². The number of urea groups is 1. The molecule has 7 nitrogen and oxygen atoms in total. The van der Waals surface area contributed by atoms with E-state index in [0.717, 1.165) is 50.1 Å². The molecular formula is C18H25B4N5O2. The first-order chi connectivity index (χ1) is 13.9. The van der Waals surface area contributed by atoms with Crippen LogP contribution in [0.4, 0.5) is 4.79 Å². The standard InChI is InChI=1S/C18H25N5O2.B4/c1-20-10-12-22(13-11-20)18(25)21-8-6-14(7-9-21)23-16-5-3-2-4-15(16)19-17(23)24;1-4(2)3/h2-5,14H,6-13H2,1H3,(H,19,24);. The number of likely N-dealkylation sites (tertiary alicyclic amines) is 1. The Bertz CT molecular complexity index is 868. The second kappa shape index (κ2) is 9.65. The van der Waals surface area contributed by atoms with E-state index in [1.807, 2.05) is 38.6 Å². The van der Waals surface area contributed by atoms with Crippen molar-refractivity contribution in [2.75, 3.05) is 46.3 Å². The molecule has 2 aliphatic rings. The number of H-pyrrole nitrogens is 1. The van der Waals surface area contributed by atoms with E-state index in [1.165, 1.54) is 0 Å². The molecule has 0 spiro atoms. The van der Waals surface area contributed by atoms with Gasteiger partial charge in [-0.3, -0.25) is 4.57 Å². The molecule has 2 fully saturated rings. The van der Waals surface area contributed by atoms with Crippen LogP contribution in [-0.4, -0.2) is 106 Å². The monoisotopic (exact) mass is 387 g/mol. The summed E-state index contributed by atoms with van der Waals surface area (Å²) in [6.07, 6.45) is 0.975. The van der Waals surface area contributed by atoms with Gasteiger partial charge in [0.15, 0.2) is 0 Å². The van der Waals surface area contributed by atoms with E-state index in [0.29, 0.717) is 13.1 Å². The molecule has 4 rings (SSSR count). The molecule has 29 heavy (non-hydrogen) atoms. The van der Waals surface area contributed by atoms with Crippen LogP contribution in [0.15, 0.2) is 29.1 Å². The van der Waals surface area contributed by atoms with Gasteiger partial charge in [0.05, 0.1) is 11.0 Å². The minimum Gasteiger partial charge on any atom is -0.324 e. The van der Waals surface area contributed by atoms with E-state index < -0.39 is 6.39 Å². The Morgan fingerprint density at radius 1 is 1.00 bits per heavy atom. The maximum atomic E-state index is 12.7. The lowest BCUT2D eigenvalue weighted by molar-refractivity contribution is 0.109. The third-order valence-corrected chi connectivity index (χ3v) is 5.50. The minimum absolute atomic E-state index is 0.0509. The van der Waals surface area contributed by atoms with Crippen LogP contribution in [-0.2, 0) is 0 Å². The number of imidazole rings is 1. The zero-order valence-electron chi connectivity index (χ0n) is 17.0. The number of aromatic nitrogens is 2. The number of carbonyl (C=O) groups is 1. The lowest BCUT2D eigenvalue weighted by Gasteiger charge is -2.39. The predicted octanol–water partition coefficient (Wildman–Crippen LogP) is -0.189. The highest BCUT2D eigenvalue weighted by molar-refractivity contribution is 7.49. The molecule has 1 aromatic carbocycles. The van der Waals surface area contributed by atoms with Crippen LogP contribution in [0, 0.1) is 0 Å². The van der Waals surface area contributed by atoms with E-state index >= 15 is 0 Å². The number of amides is 2. The summed E-state index contributed by atoms with van der Waals surface area (Å²) >= 11 is 0. The van der Waals surface area contributed by atoms with Crippen LogP contribution in [0.25, 0.3) is 11.0 Å². The molecular weight excluding hydrogens is 361 g/mol. The van der Waals surface area contributed by atoms with Gasteiger partial charge in [-0.1, -0.05) is 12.1 Å². The van der Waals surface area contributed by atoms with Gasteiger partial charge >= 0.3 is 11.7 Å². The zero-order valence-corrected chi connectivity index (χ0v) is 17.0. The molecule has 1 N–H and O–H groups in total. The lowest BCUT2D eigenvalue weighted by atomic mass is 9.08. The second-order valence-electron chi connectivity index (χ2n) is 7.69. The fourth-order valence-corrected chi connectivity index (χ4v) is 3.95. The van der Waals surface area contributed by atoms with Crippen LogP contribution in [0.1, 0.15) is 18.9 Å². The molecule has 0 unspecified atom stereocenters. The van der Waals surface area contributed by atoms with Gasteiger partial charge in [0.25, 0.3) is 0 Å². The number of rotatable bonds is 1. The molecule has 2 saturated heterocycles. The molecule has 0 bridgehead atoms. The fourth-order valence-electron chi connectivity index (χ4n) is 3.95. The summed E-state index contributed by atoms with van der Waals surface area (Å²) in [4.78, 5) is 34.1. The Morgan fingerprint density at radius 2 is 1.55 bits per heavy atom. The predicted molar refractivity (Wildman–Crippen MR) is 120 cm³/mol. The SMILES string of the molecule is CN1CCN(C(=O)N2CCC(n3c(=O)[nH]c4ccccc43)CC2)CC1.[B]B([B])[B]. The molecule has 146 valence electrons. The number of aromatic amines is 1. The molecule has 0 aliphatic carbocycles. The largest absolute Gasteiger partial charge is 0.326 e. The van der Waals surface area contributed by atoms with Crippen LogP contribution in [0.5, 0.6) is 0 Å².